The lowest BCUT2D eigenvalue weighted by atomic mass is 10.0. The molecule has 0 bridgehead atoms. The third-order valence-corrected chi connectivity index (χ3v) is 4.39. The molecule has 0 spiro atoms. The molecule has 0 aliphatic rings. The van der Waals surface area contributed by atoms with Crippen LogP contribution in [0.5, 0.6) is 0 Å². The molecule has 0 saturated carbocycles. The van der Waals surface area contributed by atoms with Crippen molar-refractivity contribution in [1.82, 2.24) is 10.3 Å². The molecule has 146 valence electrons. The van der Waals surface area contributed by atoms with Gasteiger partial charge in [0.25, 0.3) is 5.91 Å². The van der Waals surface area contributed by atoms with E-state index < -0.39 is 29.6 Å². The van der Waals surface area contributed by atoms with E-state index in [0.717, 1.165) is 12.1 Å². The first kappa shape index (κ1) is 19.8. The summed E-state index contributed by atoms with van der Waals surface area (Å²) in [7, 11) is 0. The van der Waals surface area contributed by atoms with Crippen LogP contribution in [0.4, 0.5) is 13.2 Å². The highest BCUT2D eigenvalue weighted by Gasteiger charge is 2.30. The first-order chi connectivity index (χ1) is 13.1. The number of fused-ring (bicyclic) bond motifs is 1. The number of amides is 2. The summed E-state index contributed by atoms with van der Waals surface area (Å²) in [6.45, 7) is 0. The summed E-state index contributed by atoms with van der Waals surface area (Å²) >= 11 is 5.96. The average molecular weight is 410 g/mol. The Kier molecular flexibility index (Phi) is 5.33. The van der Waals surface area contributed by atoms with E-state index in [1.54, 1.807) is 24.3 Å². The number of aromatic nitrogens is 1. The van der Waals surface area contributed by atoms with Gasteiger partial charge < -0.3 is 16.0 Å². The smallest absolute Gasteiger partial charge is 0.370 e. The van der Waals surface area contributed by atoms with Crippen LogP contribution < -0.4 is 11.1 Å². The molecule has 0 unspecified atom stereocenters. The minimum Gasteiger partial charge on any atom is -0.370 e. The van der Waals surface area contributed by atoms with Crippen LogP contribution in [0.25, 0.3) is 10.9 Å². The lowest BCUT2D eigenvalue weighted by Gasteiger charge is -2.17. The molecule has 3 aromatic rings. The number of nitrogens with two attached hydrogens (primary N) is 1. The van der Waals surface area contributed by atoms with E-state index in [0.29, 0.717) is 16.0 Å². The van der Waals surface area contributed by atoms with Crippen LogP contribution in [0.15, 0.2) is 48.5 Å². The predicted octanol–water partition coefficient (Wildman–Crippen LogP) is 4.19. The van der Waals surface area contributed by atoms with Gasteiger partial charge in [0.2, 0.25) is 5.91 Å². The molecular formula is C19H15ClF3N3O2. The molecule has 0 saturated heterocycles. The Morgan fingerprint density at radius 2 is 1.89 bits per heavy atom. The summed E-state index contributed by atoms with van der Waals surface area (Å²) in [6.07, 6.45) is -4.65. The van der Waals surface area contributed by atoms with Crippen molar-refractivity contribution in [2.45, 2.75) is 18.6 Å². The largest absolute Gasteiger partial charge is 0.416 e. The molecule has 0 fully saturated rings. The monoisotopic (exact) mass is 409 g/mol. The number of alkyl halides is 3. The van der Waals surface area contributed by atoms with E-state index in [-0.39, 0.29) is 17.6 Å². The van der Waals surface area contributed by atoms with Gasteiger partial charge in [-0.05, 0) is 35.9 Å². The Hall–Kier alpha value is -3.00. The summed E-state index contributed by atoms with van der Waals surface area (Å²) in [6, 6.07) is 10.4. The van der Waals surface area contributed by atoms with Crippen LogP contribution in [-0.2, 0) is 11.0 Å². The maximum Gasteiger partial charge on any atom is 0.416 e. The molecule has 9 heteroatoms. The number of carbonyl (C=O) groups excluding carboxylic acids is 2. The standard InChI is InChI=1S/C19H15ClF3N3O2/c20-13-3-1-2-10(6-13)15(9-17(24)27)26-18(28)16-7-11-4-5-12(19(21,22)23)8-14(11)25-16/h1-8,15,25H,9H2,(H2,24,27)(H,26,28)/t15-/m1/s1. The molecule has 2 aromatic carbocycles. The Morgan fingerprint density at radius 3 is 2.54 bits per heavy atom. The van der Waals surface area contributed by atoms with E-state index in [2.05, 4.69) is 10.3 Å². The van der Waals surface area contributed by atoms with Crippen LogP contribution in [0.2, 0.25) is 5.02 Å². The Balaban J connectivity index is 1.88. The van der Waals surface area contributed by atoms with Gasteiger partial charge in [-0.25, -0.2) is 0 Å². The van der Waals surface area contributed by atoms with Crippen LogP contribution >= 0.6 is 11.6 Å². The Bertz CT molecular complexity index is 1050. The van der Waals surface area contributed by atoms with Crippen molar-refractivity contribution in [1.29, 1.82) is 0 Å². The first-order valence-corrected chi connectivity index (χ1v) is 8.56. The number of carbonyl (C=O) groups is 2. The van der Waals surface area contributed by atoms with Crippen molar-refractivity contribution in [2.75, 3.05) is 0 Å². The topological polar surface area (TPSA) is 88.0 Å². The first-order valence-electron chi connectivity index (χ1n) is 8.18. The molecule has 5 nitrogen and oxygen atoms in total. The average Bonchev–Trinajstić information content (AvgIpc) is 3.03. The van der Waals surface area contributed by atoms with Crippen molar-refractivity contribution in [2.24, 2.45) is 5.73 Å². The predicted molar refractivity (Wildman–Crippen MR) is 98.8 cm³/mol. The van der Waals surface area contributed by atoms with Gasteiger partial charge in [0, 0.05) is 15.9 Å². The van der Waals surface area contributed by atoms with E-state index >= 15 is 0 Å². The number of benzene rings is 2. The van der Waals surface area contributed by atoms with Crippen molar-refractivity contribution >= 4 is 34.3 Å². The molecule has 0 aliphatic carbocycles. The van der Waals surface area contributed by atoms with Crippen molar-refractivity contribution < 1.29 is 22.8 Å². The summed E-state index contributed by atoms with van der Waals surface area (Å²) in [5.41, 5.74) is 5.26. The van der Waals surface area contributed by atoms with E-state index in [1.807, 2.05) is 0 Å². The third kappa shape index (κ3) is 4.45. The van der Waals surface area contributed by atoms with Gasteiger partial charge in [-0.2, -0.15) is 13.2 Å². The molecule has 2 amide bonds. The molecule has 0 radical (unpaired) electrons. The van der Waals surface area contributed by atoms with Gasteiger partial charge in [0.15, 0.2) is 0 Å². The van der Waals surface area contributed by atoms with Gasteiger partial charge in [-0.15, -0.1) is 0 Å². The Labute approximate surface area is 162 Å². The van der Waals surface area contributed by atoms with Crippen LogP contribution in [0.1, 0.15) is 34.1 Å². The minimum atomic E-state index is -4.49. The minimum absolute atomic E-state index is 0.0609. The zero-order chi connectivity index (χ0) is 20.5. The number of hydrogen-bond donors (Lipinski definition) is 3. The fraction of sp³-hybridized carbons (Fsp3) is 0.158. The number of primary amides is 1. The van der Waals surface area contributed by atoms with Crippen LogP contribution in [0.3, 0.4) is 0 Å². The van der Waals surface area contributed by atoms with E-state index in [1.165, 1.54) is 12.1 Å². The highest BCUT2D eigenvalue weighted by Crippen LogP contribution is 2.31. The van der Waals surface area contributed by atoms with Gasteiger partial charge in [-0.3, -0.25) is 9.59 Å². The van der Waals surface area contributed by atoms with Gasteiger partial charge in [0.1, 0.15) is 5.69 Å². The fourth-order valence-electron chi connectivity index (χ4n) is 2.84. The van der Waals surface area contributed by atoms with Gasteiger partial charge in [-0.1, -0.05) is 29.8 Å². The molecule has 4 N–H and O–H groups in total. The van der Waals surface area contributed by atoms with Crippen LogP contribution in [0, 0.1) is 0 Å². The van der Waals surface area contributed by atoms with Crippen molar-refractivity contribution in [3.63, 3.8) is 0 Å². The molecular weight excluding hydrogens is 395 g/mol. The molecule has 3 rings (SSSR count). The Morgan fingerprint density at radius 1 is 1.14 bits per heavy atom. The van der Waals surface area contributed by atoms with Gasteiger partial charge in [0.05, 0.1) is 18.0 Å². The summed E-state index contributed by atoms with van der Waals surface area (Å²) < 4.78 is 38.5. The third-order valence-electron chi connectivity index (χ3n) is 4.16. The second-order valence-electron chi connectivity index (χ2n) is 6.23. The maximum atomic E-state index is 12.8. The van der Waals surface area contributed by atoms with E-state index in [9.17, 15) is 22.8 Å². The summed E-state index contributed by atoms with van der Waals surface area (Å²) in [5.74, 6) is -1.22. The fourth-order valence-corrected chi connectivity index (χ4v) is 3.04. The molecule has 1 atom stereocenters. The second-order valence-corrected chi connectivity index (χ2v) is 6.67. The van der Waals surface area contributed by atoms with Crippen molar-refractivity contribution in [3.05, 3.63) is 70.4 Å². The molecule has 28 heavy (non-hydrogen) atoms. The quantitative estimate of drug-likeness (QED) is 0.590. The normalized spacial score (nSPS) is 12.7. The van der Waals surface area contributed by atoms with E-state index in [4.69, 9.17) is 17.3 Å². The van der Waals surface area contributed by atoms with Crippen molar-refractivity contribution in [3.8, 4) is 0 Å². The lowest BCUT2D eigenvalue weighted by Crippen LogP contribution is -2.32. The molecule has 1 aromatic heterocycles. The summed E-state index contributed by atoms with van der Waals surface area (Å²) in [4.78, 5) is 26.7. The number of H-pyrrole nitrogens is 1. The lowest BCUT2D eigenvalue weighted by molar-refractivity contribution is -0.137. The maximum absolute atomic E-state index is 12.8. The number of aromatic amines is 1. The zero-order valence-corrected chi connectivity index (χ0v) is 15.1. The second kappa shape index (κ2) is 7.55. The molecule has 0 aliphatic heterocycles. The van der Waals surface area contributed by atoms with Crippen LogP contribution in [-0.4, -0.2) is 16.8 Å². The molecule has 1 heterocycles. The highest BCUT2D eigenvalue weighted by atomic mass is 35.5. The highest BCUT2D eigenvalue weighted by molar-refractivity contribution is 6.30. The number of halogens is 4. The SMILES string of the molecule is NC(=O)C[C@@H](NC(=O)c1cc2ccc(C(F)(F)F)cc2[nH]1)c1cccc(Cl)c1. The van der Waals surface area contributed by atoms with Gasteiger partial charge >= 0.3 is 6.18 Å². The number of nitrogens with one attached hydrogen (secondary N) is 2. The number of rotatable bonds is 5. The zero-order valence-electron chi connectivity index (χ0n) is 14.3. The number of hydrogen-bond acceptors (Lipinski definition) is 2. The summed E-state index contributed by atoms with van der Waals surface area (Å²) in [5, 5.41) is 3.54.